The lowest BCUT2D eigenvalue weighted by Gasteiger charge is -2.26. The summed E-state index contributed by atoms with van der Waals surface area (Å²) in [5.74, 6) is 0. The van der Waals surface area contributed by atoms with E-state index in [1.165, 1.54) is 24.1 Å². The van der Waals surface area contributed by atoms with Crippen molar-refractivity contribution in [2.75, 3.05) is 39.4 Å². The summed E-state index contributed by atoms with van der Waals surface area (Å²) >= 11 is 0. The zero-order chi connectivity index (χ0) is 12.6. The van der Waals surface area contributed by atoms with E-state index in [4.69, 9.17) is 4.74 Å². The van der Waals surface area contributed by atoms with Crippen LogP contribution in [0.15, 0.2) is 18.5 Å². The Morgan fingerprint density at radius 2 is 2.22 bits per heavy atom. The number of hydrogen-bond donors (Lipinski definition) is 1. The Morgan fingerprint density at radius 1 is 1.39 bits per heavy atom. The van der Waals surface area contributed by atoms with Gasteiger partial charge in [-0.3, -0.25) is 9.88 Å². The van der Waals surface area contributed by atoms with Gasteiger partial charge in [0.2, 0.25) is 0 Å². The molecule has 0 unspecified atom stereocenters. The highest BCUT2D eigenvalue weighted by atomic mass is 16.5. The van der Waals surface area contributed by atoms with Crippen molar-refractivity contribution in [3.8, 4) is 0 Å². The van der Waals surface area contributed by atoms with Gasteiger partial charge in [0.25, 0.3) is 0 Å². The SMILES string of the molecule is Cc1ccncc1CNCCCN1CCOCC1. The average Bonchev–Trinajstić information content (AvgIpc) is 2.42. The molecule has 0 aliphatic carbocycles. The van der Waals surface area contributed by atoms with E-state index in [0.717, 1.165) is 39.4 Å². The third-order valence-electron chi connectivity index (χ3n) is 3.39. The number of ether oxygens (including phenoxy) is 1. The Morgan fingerprint density at radius 3 is 3.00 bits per heavy atom. The first kappa shape index (κ1) is 13.5. The second kappa shape index (κ2) is 7.46. The number of rotatable bonds is 6. The van der Waals surface area contributed by atoms with Crippen LogP contribution in [-0.4, -0.2) is 49.3 Å². The molecule has 1 saturated heterocycles. The summed E-state index contributed by atoms with van der Waals surface area (Å²) in [6.07, 6.45) is 4.99. The van der Waals surface area contributed by atoms with E-state index in [1.54, 1.807) is 0 Å². The van der Waals surface area contributed by atoms with Gasteiger partial charge in [0, 0.05) is 32.0 Å². The number of hydrogen-bond acceptors (Lipinski definition) is 4. The summed E-state index contributed by atoms with van der Waals surface area (Å²) in [5.41, 5.74) is 2.61. The summed E-state index contributed by atoms with van der Waals surface area (Å²) in [5, 5.41) is 3.48. The van der Waals surface area contributed by atoms with E-state index in [1.807, 2.05) is 12.4 Å². The second-order valence-electron chi connectivity index (χ2n) is 4.79. The highest BCUT2D eigenvalue weighted by Gasteiger charge is 2.08. The first-order valence-corrected chi connectivity index (χ1v) is 6.76. The predicted molar refractivity (Wildman–Crippen MR) is 72.6 cm³/mol. The first-order chi connectivity index (χ1) is 8.86. The maximum atomic E-state index is 5.33. The molecule has 0 atom stereocenters. The molecule has 4 nitrogen and oxygen atoms in total. The molecule has 1 aliphatic heterocycles. The van der Waals surface area contributed by atoms with Crippen LogP contribution in [0.4, 0.5) is 0 Å². The number of morpholine rings is 1. The molecule has 0 saturated carbocycles. The molecule has 4 heteroatoms. The molecule has 1 aromatic heterocycles. The van der Waals surface area contributed by atoms with E-state index in [2.05, 4.69) is 28.2 Å². The van der Waals surface area contributed by atoms with Crippen LogP contribution in [0, 0.1) is 6.92 Å². The number of aryl methyl sites for hydroxylation is 1. The molecular weight excluding hydrogens is 226 g/mol. The molecule has 1 aromatic rings. The minimum atomic E-state index is 0.891. The molecule has 0 radical (unpaired) electrons. The van der Waals surface area contributed by atoms with Crippen molar-refractivity contribution in [2.45, 2.75) is 19.9 Å². The molecule has 0 spiro atoms. The highest BCUT2D eigenvalue weighted by molar-refractivity contribution is 5.20. The van der Waals surface area contributed by atoms with Crippen LogP contribution >= 0.6 is 0 Å². The summed E-state index contributed by atoms with van der Waals surface area (Å²) in [7, 11) is 0. The quantitative estimate of drug-likeness (QED) is 0.769. The van der Waals surface area contributed by atoms with Crippen molar-refractivity contribution >= 4 is 0 Å². The zero-order valence-electron chi connectivity index (χ0n) is 11.2. The lowest BCUT2D eigenvalue weighted by molar-refractivity contribution is 0.0374. The predicted octanol–water partition coefficient (Wildman–Crippen LogP) is 1.20. The van der Waals surface area contributed by atoms with E-state index in [0.29, 0.717) is 0 Å². The zero-order valence-corrected chi connectivity index (χ0v) is 11.2. The van der Waals surface area contributed by atoms with Crippen molar-refractivity contribution in [1.29, 1.82) is 0 Å². The van der Waals surface area contributed by atoms with Crippen LogP contribution in [0.2, 0.25) is 0 Å². The standard InChI is InChI=1S/C14H23N3O/c1-13-3-5-16-12-14(13)11-15-4-2-6-17-7-9-18-10-8-17/h3,5,12,15H,2,4,6-11H2,1H3. The molecule has 2 heterocycles. The molecule has 0 bridgehead atoms. The van der Waals surface area contributed by atoms with Crippen molar-refractivity contribution in [2.24, 2.45) is 0 Å². The average molecular weight is 249 g/mol. The minimum Gasteiger partial charge on any atom is -0.379 e. The van der Waals surface area contributed by atoms with Crippen LogP contribution < -0.4 is 5.32 Å². The molecule has 1 fully saturated rings. The lowest BCUT2D eigenvalue weighted by atomic mass is 10.1. The Balaban J connectivity index is 1.57. The maximum Gasteiger partial charge on any atom is 0.0594 e. The molecule has 1 N–H and O–H groups in total. The van der Waals surface area contributed by atoms with Crippen molar-refractivity contribution in [3.63, 3.8) is 0 Å². The fraction of sp³-hybridized carbons (Fsp3) is 0.643. The van der Waals surface area contributed by atoms with Gasteiger partial charge >= 0.3 is 0 Å². The van der Waals surface area contributed by atoms with Crippen molar-refractivity contribution < 1.29 is 4.74 Å². The van der Waals surface area contributed by atoms with Crippen LogP contribution in [0.25, 0.3) is 0 Å². The van der Waals surface area contributed by atoms with Gasteiger partial charge in [0.1, 0.15) is 0 Å². The van der Waals surface area contributed by atoms with Gasteiger partial charge in [-0.2, -0.15) is 0 Å². The van der Waals surface area contributed by atoms with Gasteiger partial charge in [-0.15, -0.1) is 0 Å². The monoisotopic (exact) mass is 249 g/mol. The molecule has 100 valence electrons. The number of aromatic nitrogens is 1. The Hall–Kier alpha value is -0.970. The summed E-state index contributed by atoms with van der Waals surface area (Å²) in [4.78, 5) is 6.63. The van der Waals surface area contributed by atoms with Crippen LogP contribution in [0.3, 0.4) is 0 Å². The van der Waals surface area contributed by atoms with Gasteiger partial charge in [-0.1, -0.05) is 0 Å². The van der Waals surface area contributed by atoms with E-state index in [9.17, 15) is 0 Å². The number of nitrogens with zero attached hydrogens (tertiary/aromatic N) is 2. The Kier molecular flexibility index (Phi) is 5.58. The van der Waals surface area contributed by atoms with E-state index in [-0.39, 0.29) is 0 Å². The van der Waals surface area contributed by atoms with E-state index < -0.39 is 0 Å². The fourth-order valence-corrected chi connectivity index (χ4v) is 2.16. The van der Waals surface area contributed by atoms with Crippen LogP contribution in [-0.2, 0) is 11.3 Å². The Bertz CT molecular complexity index is 351. The van der Waals surface area contributed by atoms with Crippen molar-refractivity contribution in [1.82, 2.24) is 15.2 Å². The smallest absolute Gasteiger partial charge is 0.0594 e. The number of pyridine rings is 1. The summed E-state index contributed by atoms with van der Waals surface area (Å²) in [6.45, 7) is 9.23. The van der Waals surface area contributed by atoms with Crippen LogP contribution in [0.5, 0.6) is 0 Å². The van der Waals surface area contributed by atoms with Gasteiger partial charge in [0.05, 0.1) is 13.2 Å². The van der Waals surface area contributed by atoms with Gasteiger partial charge in [0.15, 0.2) is 0 Å². The number of nitrogens with one attached hydrogen (secondary N) is 1. The van der Waals surface area contributed by atoms with Gasteiger partial charge in [-0.25, -0.2) is 0 Å². The summed E-state index contributed by atoms with van der Waals surface area (Å²) < 4.78 is 5.33. The maximum absolute atomic E-state index is 5.33. The third-order valence-corrected chi connectivity index (χ3v) is 3.39. The molecule has 0 amide bonds. The Labute approximate surface area is 109 Å². The van der Waals surface area contributed by atoms with Gasteiger partial charge in [-0.05, 0) is 43.6 Å². The lowest BCUT2D eigenvalue weighted by Crippen LogP contribution is -2.37. The largest absolute Gasteiger partial charge is 0.379 e. The second-order valence-corrected chi connectivity index (χ2v) is 4.79. The minimum absolute atomic E-state index is 0.891. The molecular formula is C14H23N3O. The highest BCUT2D eigenvalue weighted by Crippen LogP contribution is 2.04. The third kappa shape index (κ3) is 4.37. The molecule has 0 aromatic carbocycles. The van der Waals surface area contributed by atoms with E-state index >= 15 is 0 Å². The molecule has 18 heavy (non-hydrogen) atoms. The van der Waals surface area contributed by atoms with Gasteiger partial charge < -0.3 is 10.1 Å². The molecule has 1 aliphatic rings. The van der Waals surface area contributed by atoms with Crippen molar-refractivity contribution in [3.05, 3.63) is 29.6 Å². The summed E-state index contributed by atoms with van der Waals surface area (Å²) in [6, 6.07) is 2.06. The fourth-order valence-electron chi connectivity index (χ4n) is 2.16. The van der Waals surface area contributed by atoms with Crippen LogP contribution in [0.1, 0.15) is 17.5 Å². The first-order valence-electron chi connectivity index (χ1n) is 6.76. The normalized spacial score (nSPS) is 16.9. The molecule has 2 rings (SSSR count). The topological polar surface area (TPSA) is 37.4 Å².